The molecular weight excluding hydrogens is 468 g/mol. The summed E-state index contributed by atoms with van der Waals surface area (Å²) >= 11 is 0. The molecule has 0 saturated carbocycles. The third-order valence-electron chi connectivity index (χ3n) is 6.87. The molecule has 4 heterocycles. The van der Waals surface area contributed by atoms with E-state index in [1.54, 1.807) is 33.5 Å². The maximum Gasteiger partial charge on any atom is 0.277 e. The van der Waals surface area contributed by atoms with Crippen LogP contribution in [0, 0.1) is 0 Å². The monoisotopic (exact) mass is 494 g/mol. The van der Waals surface area contributed by atoms with Crippen molar-refractivity contribution in [1.29, 1.82) is 0 Å². The second-order valence-corrected chi connectivity index (χ2v) is 9.04. The van der Waals surface area contributed by atoms with E-state index in [-0.39, 0.29) is 11.5 Å². The van der Waals surface area contributed by atoms with Gasteiger partial charge in [0, 0.05) is 49.3 Å². The molecule has 2 aliphatic rings. The molecule has 0 unspecified atom stereocenters. The summed E-state index contributed by atoms with van der Waals surface area (Å²) in [6.45, 7) is 2.07. The summed E-state index contributed by atoms with van der Waals surface area (Å²) in [6, 6.07) is 20.0. The number of nitrogens with zero attached hydrogens (tertiary/aromatic N) is 6. The Kier molecular flexibility index (Phi) is 5.60. The zero-order chi connectivity index (χ0) is 25.5. The van der Waals surface area contributed by atoms with Crippen LogP contribution in [0.5, 0.6) is 5.75 Å². The zero-order valence-corrected chi connectivity index (χ0v) is 20.7. The van der Waals surface area contributed by atoms with E-state index in [2.05, 4.69) is 9.89 Å². The van der Waals surface area contributed by atoms with Crippen molar-refractivity contribution in [3.8, 4) is 17.1 Å². The van der Waals surface area contributed by atoms with Crippen molar-refractivity contribution in [3.05, 3.63) is 100 Å². The number of aliphatic imine (C=N–C) groups is 1. The second kappa shape index (κ2) is 9.09. The SMILES string of the molecule is COc1ccc(-n2nc(C3=NCCN3C)c3c2C(=O)N(c2ccc(-n4ccccc4=O)cc2)CC3)cc1. The van der Waals surface area contributed by atoms with Crippen molar-refractivity contribution >= 4 is 17.4 Å². The fraction of sp³-hybridized carbons (Fsp3) is 0.214. The first kappa shape index (κ1) is 22.8. The molecule has 0 radical (unpaired) electrons. The minimum absolute atomic E-state index is 0.107. The molecule has 9 heteroatoms. The second-order valence-electron chi connectivity index (χ2n) is 9.04. The maximum absolute atomic E-state index is 14.0. The summed E-state index contributed by atoms with van der Waals surface area (Å²) in [7, 11) is 3.62. The van der Waals surface area contributed by atoms with Crippen LogP contribution in [0.2, 0.25) is 0 Å². The molecule has 4 aromatic rings. The maximum atomic E-state index is 14.0. The van der Waals surface area contributed by atoms with Gasteiger partial charge in [0.2, 0.25) is 0 Å². The molecule has 0 fully saturated rings. The van der Waals surface area contributed by atoms with Gasteiger partial charge in [0.1, 0.15) is 17.1 Å². The molecule has 2 aromatic carbocycles. The van der Waals surface area contributed by atoms with Gasteiger partial charge >= 0.3 is 0 Å². The van der Waals surface area contributed by atoms with Gasteiger partial charge in [0.05, 0.1) is 19.3 Å². The van der Waals surface area contributed by atoms with Crippen LogP contribution in [0.25, 0.3) is 11.4 Å². The lowest BCUT2D eigenvalue weighted by atomic mass is 10.0. The number of rotatable bonds is 5. The molecule has 0 bridgehead atoms. The van der Waals surface area contributed by atoms with E-state index in [4.69, 9.17) is 9.84 Å². The van der Waals surface area contributed by atoms with Crippen LogP contribution in [-0.2, 0) is 6.42 Å². The number of aromatic nitrogens is 3. The molecule has 186 valence electrons. The number of methoxy groups -OCH3 is 1. The van der Waals surface area contributed by atoms with Gasteiger partial charge in [-0.3, -0.25) is 19.1 Å². The zero-order valence-electron chi connectivity index (χ0n) is 20.7. The van der Waals surface area contributed by atoms with Crippen LogP contribution in [0.3, 0.4) is 0 Å². The van der Waals surface area contributed by atoms with Gasteiger partial charge in [-0.15, -0.1) is 0 Å². The quantitative estimate of drug-likeness (QED) is 0.426. The molecule has 0 N–H and O–H groups in total. The number of hydrogen-bond acceptors (Lipinski definition) is 6. The molecule has 2 aliphatic heterocycles. The summed E-state index contributed by atoms with van der Waals surface area (Å²) in [5.74, 6) is 1.43. The molecule has 6 rings (SSSR count). The highest BCUT2D eigenvalue weighted by atomic mass is 16.5. The van der Waals surface area contributed by atoms with Gasteiger partial charge in [-0.1, -0.05) is 6.07 Å². The van der Waals surface area contributed by atoms with Gasteiger partial charge < -0.3 is 14.5 Å². The molecule has 1 amide bonds. The predicted octanol–water partition coefficient (Wildman–Crippen LogP) is 2.93. The summed E-state index contributed by atoms with van der Waals surface area (Å²) in [5, 5.41) is 4.91. The van der Waals surface area contributed by atoms with Crippen LogP contribution >= 0.6 is 0 Å². The minimum atomic E-state index is -0.123. The van der Waals surface area contributed by atoms with Crippen molar-refractivity contribution in [2.45, 2.75) is 6.42 Å². The van der Waals surface area contributed by atoms with Crippen LogP contribution in [0.4, 0.5) is 5.69 Å². The number of pyridine rings is 1. The smallest absolute Gasteiger partial charge is 0.277 e. The number of amides is 1. The molecular formula is C28H26N6O3. The number of ether oxygens (including phenoxy) is 1. The van der Waals surface area contributed by atoms with Crippen molar-refractivity contribution in [2.24, 2.45) is 4.99 Å². The lowest BCUT2D eigenvalue weighted by Crippen LogP contribution is -2.39. The average Bonchev–Trinajstić information content (AvgIpc) is 3.53. The first-order valence-corrected chi connectivity index (χ1v) is 12.2. The lowest BCUT2D eigenvalue weighted by Gasteiger charge is -2.28. The minimum Gasteiger partial charge on any atom is -0.497 e. The van der Waals surface area contributed by atoms with Gasteiger partial charge in [0.25, 0.3) is 11.5 Å². The number of carbonyl (C=O) groups is 1. The van der Waals surface area contributed by atoms with E-state index in [9.17, 15) is 9.59 Å². The average molecular weight is 495 g/mol. The van der Waals surface area contributed by atoms with Gasteiger partial charge in [-0.05, 0) is 61.0 Å². The number of likely N-dealkylation sites (N-methyl/N-ethyl adjacent to an activating group) is 1. The fourth-order valence-corrected chi connectivity index (χ4v) is 4.92. The van der Waals surface area contributed by atoms with E-state index in [0.29, 0.717) is 25.2 Å². The summed E-state index contributed by atoms with van der Waals surface area (Å²) in [4.78, 5) is 34.7. The number of fused-ring (bicyclic) bond motifs is 1. The van der Waals surface area contributed by atoms with Crippen molar-refractivity contribution in [3.63, 3.8) is 0 Å². The first-order valence-electron chi connectivity index (χ1n) is 12.2. The Morgan fingerprint density at radius 1 is 0.865 bits per heavy atom. The van der Waals surface area contributed by atoms with E-state index in [1.807, 2.05) is 61.6 Å². The summed E-state index contributed by atoms with van der Waals surface area (Å²) < 4.78 is 8.61. The number of benzene rings is 2. The van der Waals surface area contributed by atoms with Crippen LogP contribution in [0.15, 0.2) is 82.7 Å². The van der Waals surface area contributed by atoms with Gasteiger partial charge in [-0.25, -0.2) is 4.68 Å². The Hall–Kier alpha value is -4.66. The van der Waals surface area contributed by atoms with Crippen LogP contribution < -0.4 is 15.2 Å². The Bertz CT molecular complexity index is 1570. The molecule has 0 spiro atoms. The van der Waals surface area contributed by atoms with E-state index < -0.39 is 0 Å². The summed E-state index contributed by atoms with van der Waals surface area (Å²) in [5.41, 5.74) is 4.39. The van der Waals surface area contributed by atoms with Gasteiger partial charge in [-0.2, -0.15) is 5.10 Å². The normalized spacial score (nSPS) is 15.1. The number of hydrogen-bond donors (Lipinski definition) is 0. The van der Waals surface area contributed by atoms with E-state index in [0.717, 1.165) is 46.4 Å². The Balaban J connectivity index is 1.41. The van der Waals surface area contributed by atoms with Crippen molar-refractivity contribution in [1.82, 2.24) is 19.2 Å². The number of carbonyl (C=O) groups excluding carboxylic acids is 1. The Morgan fingerprint density at radius 3 is 2.27 bits per heavy atom. The van der Waals surface area contributed by atoms with Crippen molar-refractivity contribution < 1.29 is 9.53 Å². The molecule has 37 heavy (non-hydrogen) atoms. The Morgan fingerprint density at radius 2 is 1.59 bits per heavy atom. The largest absolute Gasteiger partial charge is 0.497 e. The van der Waals surface area contributed by atoms with E-state index >= 15 is 0 Å². The topological polar surface area (TPSA) is 85.0 Å². The standard InChI is InChI=1S/C28H26N6O3/c1-31-18-15-29-27(31)25-23-14-17-33(20-8-6-19(7-9-20)32-16-4-3-5-24(32)35)28(36)26(23)34(30-25)21-10-12-22(37-2)13-11-21/h3-13,16H,14-15,17-18H2,1-2H3. The Labute approximate surface area is 213 Å². The van der Waals surface area contributed by atoms with E-state index in [1.165, 1.54) is 6.07 Å². The highest BCUT2D eigenvalue weighted by Crippen LogP contribution is 2.31. The van der Waals surface area contributed by atoms with Gasteiger partial charge in [0.15, 0.2) is 5.84 Å². The third kappa shape index (κ3) is 3.88. The lowest BCUT2D eigenvalue weighted by molar-refractivity contribution is 0.0973. The fourth-order valence-electron chi connectivity index (χ4n) is 4.92. The highest BCUT2D eigenvalue weighted by Gasteiger charge is 2.35. The molecule has 9 nitrogen and oxygen atoms in total. The first-order chi connectivity index (χ1) is 18.0. The van der Waals surface area contributed by atoms with Crippen LogP contribution in [0.1, 0.15) is 21.7 Å². The predicted molar refractivity (Wildman–Crippen MR) is 142 cm³/mol. The molecule has 0 atom stereocenters. The highest BCUT2D eigenvalue weighted by molar-refractivity contribution is 6.10. The number of amidine groups is 1. The summed E-state index contributed by atoms with van der Waals surface area (Å²) in [6.07, 6.45) is 2.38. The molecule has 2 aromatic heterocycles. The number of anilines is 1. The van der Waals surface area contributed by atoms with Crippen molar-refractivity contribution in [2.75, 3.05) is 38.7 Å². The molecule has 0 saturated heterocycles. The van der Waals surface area contributed by atoms with Crippen LogP contribution in [-0.4, -0.2) is 64.8 Å². The molecule has 0 aliphatic carbocycles. The third-order valence-corrected chi connectivity index (χ3v) is 6.87.